The molecule has 0 saturated carbocycles. The zero-order valence-electron chi connectivity index (χ0n) is 14.5. The number of rotatable bonds is 8. The Balaban J connectivity index is 1.88. The molecule has 0 aliphatic carbocycles. The first-order valence-electron chi connectivity index (χ1n) is 8.13. The number of aromatic nitrogens is 2. The second-order valence-corrected chi connectivity index (χ2v) is 5.85. The van der Waals surface area contributed by atoms with Crippen molar-refractivity contribution in [2.45, 2.75) is 13.0 Å². The Labute approximate surface area is 147 Å². The van der Waals surface area contributed by atoms with E-state index in [4.69, 9.17) is 0 Å². The standard InChI is InChI=1S/C18H23N5O2/c1-23(2)11-5-9-21-18(25)16-12-14(7-10-20-16)17(24)22-13-15-6-3-4-8-19-15/h3-4,6-8,10,12H,5,9,11,13H2,1-2H3,(H,21,25)(H,22,24). The molecule has 2 aromatic rings. The predicted octanol–water partition coefficient (Wildman–Crippen LogP) is 1.09. The van der Waals surface area contributed by atoms with Crippen LogP contribution < -0.4 is 10.6 Å². The van der Waals surface area contributed by atoms with Crippen molar-refractivity contribution in [1.29, 1.82) is 0 Å². The van der Waals surface area contributed by atoms with Gasteiger partial charge in [-0.3, -0.25) is 19.6 Å². The summed E-state index contributed by atoms with van der Waals surface area (Å²) in [6.07, 6.45) is 3.99. The van der Waals surface area contributed by atoms with Gasteiger partial charge in [0.1, 0.15) is 5.69 Å². The number of carbonyl (C=O) groups is 2. The topological polar surface area (TPSA) is 87.2 Å². The highest BCUT2D eigenvalue weighted by Crippen LogP contribution is 2.03. The van der Waals surface area contributed by atoms with E-state index in [0.29, 0.717) is 18.7 Å². The maximum Gasteiger partial charge on any atom is 0.269 e. The van der Waals surface area contributed by atoms with Gasteiger partial charge in [0.2, 0.25) is 0 Å². The van der Waals surface area contributed by atoms with E-state index >= 15 is 0 Å². The molecule has 0 fully saturated rings. The molecule has 2 aromatic heterocycles. The van der Waals surface area contributed by atoms with Gasteiger partial charge in [0.15, 0.2) is 0 Å². The van der Waals surface area contributed by atoms with Crippen LogP contribution in [0.25, 0.3) is 0 Å². The summed E-state index contributed by atoms with van der Waals surface area (Å²) >= 11 is 0. The maximum absolute atomic E-state index is 12.2. The third-order valence-electron chi connectivity index (χ3n) is 3.48. The first-order valence-corrected chi connectivity index (χ1v) is 8.13. The Morgan fingerprint density at radius 3 is 2.60 bits per heavy atom. The van der Waals surface area contributed by atoms with E-state index in [1.54, 1.807) is 12.3 Å². The summed E-state index contributed by atoms with van der Waals surface area (Å²) < 4.78 is 0. The summed E-state index contributed by atoms with van der Waals surface area (Å²) in [7, 11) is 3.97. The Kier molecular flexibility index (Phi) is 7.03. The second kappa shape index (κ2) is 9.48. The zero-order valence-corrected chi connectivity index (χ0v) is 14.5. The fourth-order valence-corrected chi connectivity index (χ4v) is 2.16. The molecule has 0 atom stereocenters. The van der Waals surface area contributed by atoms with Gasteiger partial charge in [0.05, 0.1) is 12.2 Å². The average Bonchev–Trinajstić information content (AvgIpc) is 2.64. The van der Waals surface area contributed by atoms with Crippen molar-refractivity contribution >= 4 is 11.8 Å². The summed E-state index contributed by atoms with van der Waals surface area (Å²) in [5, 5.41) is 5.59. The van der Waals surface area contributed by atoms with Crippen molar-refractivity contribution < 1.29 is 9.59 Å². The minimum atomic E-state index is -0.280. The highest BCUT2D eigenvalue weighted by Gasteiger charge is 2.11. The Morgan fingerprint density at radius 2 is 1.88 bits per heavy atom. The molecule has 132 valence electrons. The Hall–Kier alpha value is -2.80. The Bertz CT molecular complexity index is 704. The molecular weight excluding hydrogens is 318 g/mol. The molecule has 2 N–H and O–H groups in total. The molecule has 2 heterocycles. The molecule has 0 saturated heterocycles. The normalized spacial score (nSPS) is 10.5. The van der Waals surface area contributed by atoms with Crippen LogP contribution in [0.2, 0.25) is 0 Å². The van der Waals surface area contributed by atoms with Crippen LogP contribution in [0.15, 0.2) is 42.7 Å². The van der Waals surface area contributed by atoms with Crippen molar-refractivity contribution in [3.8, 4) is 0 Å². The molecule has 0 aromatic carbocycles. The van der Waals surface area contributed by atoms with Crippen LogP contribution in [0.3, 0.4) is 0 Å². The number of hydrogen-bond donors (Lipinski definition) is 2. The van der Waals surface area contributed by atoms with Gasteiger partial charge in [-0.25, -0.2) is 0 Å². The van der Waals surface area contributed by atoms with E-state index in [1.165, 1.54) is 12.3 Å². The molecular formula is C18H23N5O2. The lowest BCUT2D eigenvalue weighted by Crippen LogP contribution is -2.28. The number of nitrogens with one attached hydrogen (secondary N) is 2. The molecule has 0 radical (unpaired) electrons. The van der Waals surface area contributed by atoms with Crippen LogP contribution in [-0.4, -0.2) is 53.9 Å². The van der Waals surface area contributed by atoms with E-state index in [1.807, 2.05) is 32.3 Å². The summed E-state index contributed by atoms with van der Waals surface area (Å²) in [5.74, 6) is -0.548. The second-order valence-electron chi connectivity index (χ2n) is 5.85. The third-order valence-corrected chi connectivity index (χ3v) is 3.48. The molecule has 0 aliphatic heterocycles. The van der Waals surface area contributed by atoms with Crippen LogP contribution in [0, 0.1) is 0 Å². The molecule has 0 bridgehead atoms. The van der Waals surface area contributed by atoms with Gasteiger partial charge in [-0.2, -0.15) is 0 Å². The van der Waals surface area contributed by atoms with E-state index < -0.39 is 0 Å². The van der Waals surface area contributed by atoms with Gasteiger partial charge < -0.3 is 15.5 Å². The van der Waals surface area contributed by atoms with Gasteiger partial charge in [-0.15, -0.1) is 0 Å². The van der Waals surface area contributed by atoms with E-state index in [2.05, 4.69) is 25.5 Å². The lowest BCUT2D eigenvalue weighted by molar-refractivity contribution is 0.0947. The smallest absolute Gasteiger partial charge is 0.269 e. The Morgan fingerprint density at radius 1 is 1.04 bits per heavy atom. The van der Waals surface area contributed by atoms with Crippen molar-refractivity contribution in [1.82, 2.24) is 25.5 Å². The molecule has 25 heavy (non-hydrogen) atoms. The van der Waals surface area contributed by atoms with E-state index in [-0.39, 0.29) is 17.5 Å². The van der Waals surface area contributed by atoms with Gasteiger partial charge >= 0.3 is 0 Å². The molecule has 0 spiro atoms. The third kappa shape index (κ3) is 6.31. The van der Waals surface area contributed by atoms with Gasteiger partial charge in [0.25, 0.3) is 11.8 Å². The summed E-state index contributed by atoms with van der Waals surface area (Å²) in [5.41, 5.74) is 1.39. The number of pyridine rings is 2. The SMILES string of the molecule is CN(C)CCCNC(=O)c1cc(C(=O)NCc2ccccn2)ccn1. The minimum Gasteiger partial charge on any atom is -0.351 e. The first-order chi connectivity index (χ1) is 12.1. The van der Waals surface area contributed by atoms with E-state index in [9.17, 15) is 9.59 Å². The van der Waals surface area contributed by atoms with Crippen LogP contribution in [-0.2, 0) is 6.54 Å². The molecule has 7 nitrogen and oxygen atoms in total. The van der Waals surface area contributed by atoms with Crippen molar-refractivity contribution in [3.05, 3.63) is 59.7 Å². The molecule has 0 unspecified atom stereocenters. The molecule has 0 aliphatic rings. The van der Waals surface area contributed by atoms with Crippen LogP contribution in [0.1, 0.15) is 33.0 Å². The molecule has 7 heteroatoms. The maximum atomic E-state index is 12.2. The van der Waals surface area contributed by atoms with Crippen molar-refractivity contribution in [2.24, 2.45) is 0 Å². The van der Waals surface area contributed by atoms with E-state index in [0.717, 1.165) is 18.7 Å². The minimum absolute atomic E-state index is 0.232. The van der Waals surface area contributed by atoms with Crippen LogP contribution in [0.4, 0.5) is 0 Å². The quantitative estimate of drug-likeness (QED) is 0.702. The lowest BCUT2D eigenvalue weighted by Gasteiger charge is -2.10. The molecule has 2 rings (SSSR count). The number of amides is 2. The number of hydrogen-bond acceptors (Lipinski definition) is 5. The largest absolute Gasteiger partial charge is 0.351 e. The molecule has 2 amide bonds. The van der Waals surface area contributed by atoms with Crippen molar-refractivity contribution in [3.63, 3.8) is 0 Å². The zero-order chi connectivity index (χ0) is 18.1. The lowest BCUT2D eigenvalue weighted by atomic mass is 10.2. The highest BCUT2D eigenvalue weighted by atomic mass is 16.2. The van der Waals surface area contributed by atoms with Gasteiger partial charge in [-0.05, 0) is 51.3 Å². The number of nitrogens with zero attached hydrogens (tertiary/aromatic N) is 3. The summed E-state index contributed by atoms with van der Waals surface area (Å²) in [6.45, 7) is 1.78. The monoisotopic (exact) mass is 341 g/mol. The summed E-state index contributed by atoms with van der Waals surface area (Å²) in [4.78, 5) is 34.6. The van der Waals surface area contributed by atoms with Gasteiger partial charge in [-0.1, -0.05) is 6.07 Å². The predicted molar refractivity (Wildman–Crippen MR) is 95.1 cm³/mol. The van der Waals surface area contributed by atoms with Crippen LogP contribution in [0.5, 0.6) is 0 Å². The summed E-state index contributed by atoms with van der Waals surface area (Å²) in [6, 6.07) is 8.59. The fraction of sp³-hybridized carbons (Fsp3) is 0.333. The van der Waals surface area contributed by atoms with Crippen molar-refractivity contribution in [2.75, 3.05) is 27.2 Å². The van der Waals surface area contributed by atoms with Gasteiger partial charge in [0, 0.05) is 24.5 Å². The average molecular weight is 341 g/mol. The highest BCUT2D eigenvalue weighted by molar-refractivity contribution is 5.98. The van der Waals surface area contributed by atoms with Crippen LogP contribution >= 0.6 is 0 Å². The first kappa shape index (κ1) is 18.5. The number of carbonyl (C=O) groups excluding carboxylic acids is 2. The fourth-order valence-electron chi connectivity index (χ4n) is 2.16.